The minimum atomic E-state index is -4.17. The lowest BCUT2D eigenvalue weighted by atomic mass is 10.1. The average Bonchev–Trinajstić information content (AvgIpc) is 3.03. The van der Waals surface area contributed by atoms with Gasteiger partial charge in [-0.15, -0.1) is 0 Å². The summed E-state index contributed by atoms with van der Waals surface area (Å²) in [6, 6.07) is 30.2. The maximum Gasteiger partial charge on any atom is 0.264 e. The van der Waals surface area contributed by atoms with Gasteiger partial charge in [0.05, 0.1) is 10.6 Å². The van der Waals surface area contributed by atoms with E-state index >= 15 is 0 Å². The van der Waals surface area contributed by atoms with Gasteiger partial charge >= 0.3 is 0 Å². The van der Waals surface area contributed by atoms with E-state index in [4.69, 9.17) is 4.74 Å². The van der Waals surface area contributed by atoms with Crippen molar-refractivity contribution in [2.24, 2.45) is 0 Å². The molecule has 4 aromatic carbocycles. The second kappa shape index (κ2) is 15.0. The van der Waals surface area contributed by atoms with Crippen LogP contribution in [0.1, 0.15) is 32.8 Å². The second-order valence-corrected chi connectivity index (χ2v) is 13.2. The lowest BCUT2D eigenvalue weighted by Gasteiger charge is -2.32. The topological polar surface area (TPSA) is 96.0 Å². The minimum absolute atomic E-state index is 0.0403. The Morgan fingerprint density at radius 2 is 1.45 bits per heavy atom. The average molecular weight is 679 g/mol. The maximum absolute atomic E-state index is 14.1. The fourth-order valence-electron chi connectivity index (χ4n) is 4.43. The highest BCUT2D eigenvalue weighted by Gasteiger charge is 2.32. The molecule has 0 aliphatic heterocycles. The number of para-hydroxylation sites is 1. The van der Waals surface area contributed by atoms with Crippen LogP contribution < -0.4 is 14.4 Å². The Kier molecular flexibility index (Phi) is 11.2. The van der Waals surface area contributed by atoms with Gasteiger partial charge in [-0.1, -0.05) is 71.4 Å². The summed E-state index contributed by atoms with van der Waals surface area (Å²) >= 11 is 3.47. The second-order valence-electron chi connectivity index (χ2n) is 10.4. The fraction of sp³-hybridized carbons (Fsp3) is 0.235. The van der Waals surface area contributed by atoms with Crippen molar-refractivity contribution >= 4 is 43.5 Å². The predicted octanol–water partition coefficient (Wildman–Crippen LogP) is 6.77. The summed E-state index contributed by atoms with van der Waals surface area (Å²) in [6.45, 7) is 5.09. The molecule has 0 unspecified atom stereocenters. The van der Waals surface area contributed by atoms with E-state index < -0.39 is 28.5 Å². The number of hydrogen-bond acceptors (Lipinski definition) is 5. The summed E-state index contributed by atoms with van der Waals surface area (Å²) < 4.78 is 35.8. The fourth-order valence-corrected chi connectivity index (χ4v) is 6.32. The van der Waals surface area contributed by atoms with E-state index in [2.05, 4.69) is 21.2 Å². The third-order valence-electron chi connectivity index (χ3n) is 7.12. The zero-order chi connectivity index (χ0) is 31.7. The molecule has 0 bridgehead atoms. The summed E-state index contributed by atoms with van der Waals surface area (Å²) in [5, 5.41) is 2.94. The number of benzene rings is 4. The lowest BCUT2D eigenvalue weighted by Crippen LogP contribution is -2.52. The largest absolute Gasteiger partial charge is 0.457 e. The first-order chi connectivity index (χ1) is 21.1. The van der Waals surface area contributed by atoms with Crippen LogP contribution in [0.2, 0.25) is 0 Å². The van der Waals surface area contributed by atoms with E-state index in [-0.39, 0.29) is 29.1 Å². The van der Waals surface area contributed by atoms with Crippen LogP contribution in [0.5, 0.6) is 11.5 Å². The Morgan fingerprint density at radius 3 is 2.07 bits per heavy atom. The molecule has 44 heavy (non-hydrogen) atoms. The number of nitrogens with one attached hydrogen (secondary N) is 1. The predicted molar refractivity (Wildman–Crippen MR) is 176 cm³/mol. The van der Waals surface area contributed by atoms with Crippen molar-refractivity contribution in [2.75, 3.05) is 10.8 Å². The molecular weight excluding hydrogens is 642 g/mol. The van der Waals surface area contributed by atoms with Gasteiger partial charge in [0.25, 0.3) is 10.0 Å². The Hall–Kier alpha value is -4.15. The van der Waals surface area contributed by atoms with Crippen molar-refractivity contribution in [3.8, 4) is 11.5 Å². The third kappa shape index (κ3) is 8.48. The van der Waals surface area contributed by atoms with Gasteiger partial charge in [0, 0.05) is 17.1 Å². The molecule has 0 radical (unpaired) electrons. The van der Waals surface area contributed by atoms with Crippen molar-refractivity contribution in [1.82, 2.24) is 10.2 Å². The first-order valence-electron chi connectivity index (χ1n) is 14.3. The molecule has 0 saturated heterocycles. The Labute approximate surface area is 267 Å². The van der Waals surface area contributed by atoms with Crippen molar-refractivity contribution in [3.63, 3.8) is 0 Å². The number of sulfonamides is 1. The molecule has 1 N–H and O–H groups in total. The molecule has 8 nitrogen and oxygen atoms in total. The molecule has 0 fully saturated rings. The highest BCUT2D eigenvalue weighted by Crippen LogP contribution is 2.28. The SMILES string of the molecule is CC[C@H](C)NC(=O)[C@@H](C)N(Cc1cccc(Br)c1)C(=O)CN(c1ccc(Oc2ccccc2)cc1)S(=O)(=O)c1ccccc1. The molecule has 2 atom stereocenters. The van der Waals surface area contributed by atoms with E-state index in [0.29, 0.717) is 11.5 Å². The molecule has 2 amide bonds. The van der Waals surface area contributed by atoms with Gasteiger partial charge in [-0.2, -0.15) is 0 Å². The quantitative estimate of drug-likeness (QED) is 0.169. The Bertz CT molecular complexity index is 1650. The Morgan fingerprint density at radius 1 is 0.841 bits per heavy atom. The summed E-state index contributed by atoms with van der Waals surface area (Å²) in [5.41, 5.74) is 1.07. The number of halogens is 1. The summed E-state index contributed by atoms with van der Waals surface area (Å²) in [7, 11) is -4.17. The van der Waals surface area contributed by atoms with Crippen LogP contribution in [0.3, 0.4) is 0 Å². The third-order valence-corrected chi connectivity index (χ3v) is 9.41. The molecule has 0 heterocycles. The van der Waals surface area contributed by atoms with E-state index in [1.165, 1.54) is 17.0 Å². The van der Waals surface area contributed by atoms with Crippen LogP contribution >= 0.6 is 15.9 Å². The van der Waals surface area contributed by atoms with Crippen LogP contribution in [-0.4, -0.2) is 43.8 Å². The molecule has 4 aromatic rings. The minimum Gasteiger partial charge on any atom is -0.457 e. The molecule has 0 aromatic heterocycles. The molecule has 0 saturated carbocycles. The number of amides is 2. The monoisotopic (exact) mass is 677 g/mol. The molecule has 0 spiro atoms. The van der Waals surface area contributed by atoms with Crippen LogP contribution in [0, 0.1) is 0 Å². The van der Waals surface area contributed by atoms with Gasteiger partial charge in [0.15, 0.2) is 0 Å². The normalized spacial score (nSPS) is 12.5. The summed E-state index contributed by atoms with van der Waals surface area (Å²) in [6.07, 6.45) is 0.727. The number of carbonyl (C=O) groups excluding carboxylic acids is 2. The first-order valence-corrected chi connectivity index (χ1v) is 16.6. The molecular formula is C34H36BrN3O5S. The Balaban J connectivity index is 1.69. The summed E-state index contributed by atoms with van der Waals surface area (Å²) in [4.78, 5) is 28.8. The molecule has 10 heteroatoms. The zero-order valence-electron chi connectivity index (χ0n) is 24.9. The lowest BCUT2D eigenvalue weighted by molar-refractivity contribution is -0.139. The van der Waals surface area contributed by atoms with E-state index in [1.54, 1.807) is 49.4 Å². The highest BCUT2D eigenvalue weighted by atomic mass is 79.9. The van der Waals surface area contributed by atoms with Crippen molar-refractivity contribution in [3.05, 3.63) is 119 Å². The number of carbonyl (C=O) groups is 2. The van der Waals surface area contributed by atoms with Crippen LogP contribution in [0.15, 0.2) is 119 Å². The smallest absolute Gasteiger partial charge is 0.264 e. The number of ether oxygens (including phenoxy) is 1. The van der Waals surface area contributed by atoms with Crippen molar-refractivity contribution in [2.45, 2.75) is 50.7 Å². The van der Waals surface area contributed by atoms with Crippen LogP contribution in [0.4, 0.5) is 5.69 Å². The van der Waals surface area contributed by atoms with Gasteiger partial charge in [0.1, 0.15) is 24.1 Å². The van der Waals surface area contributed by atoms with Crippen molar-refractivity contribution in [1.29, 1.82) is 0 Å². The number of rotatable bonds is 13. The van der Waals surface area contributed by atoms with Crippen LogP contribution in [0.25, 0.3) is 0 Å². The van der Waals surface area contributed by atoms with Crippen LogP contribution in [-0.2, 0) is 26.2 Å². The van der Waals surface area contributed by atoms with Gasteiger partial charge in [-0.25, -0.2) is 8.42 Å². The number of nitrogens with zero attached hydrogens (tertiary/aromatic N) is 2. The standard InChI is InChI=1S/C34H36BrN3O5S/c1-4-25(2)36-34(40)26(3)37(23-27-12-11-13-28(35)22-27)33(39)24-38(44(41,42)32-16-9-6-10-17-32)29-18-20-31(21-19-29)43-30-14-7-5-8-15-30/h5-22,25-26H,4,23-24H2,1-3H3,(H,36,40)/t25-,26+/m0/s1. The highest BCUT2D eigenvalue weighted by molar-refractivity contribution is 9.10. The first kappa shape index (κ1) is 32.8. The van der Waals surface area contributed by atoms with Gasteiger partial charge in [-0.3, -0.25) is 13.9 Å². The zero-order valence-corrected chi connectivity index (χ0v) is 27.3. The van der Waals surface area contributed by atoms with Gasteiger partial charge < -0.3 is 15.0 Å². The number of hydrogen-bond donors (Lipinski definition) is 1. The van der Waals surface area contributed by atoms with E-state index in [0.717, 1.165) is 20.8 Å². The summed E-state index contributed by atoms with van der Waals surface area (Å²) in [5.74, 6) is 0.301. The molecule has 0 aliphatic rings. The van der Waals surface area contributed by atoms with E-state index in [1.807, 2.05) is 68.4 Å². The molecule has 4 rings (SSSR count). The number of anilines is 1. The maximum atomic E-state index is 14.1. The van der Waals surface area contributed by atoms with Gasteiger partial charge in [-0.05, 0) is 86.5 Å². The van der Waals surface area contributed by atoms with Crippen molar-refractivity contribution < 1.29 is 22.7 Å². The molecule has 230 valence electrons. The molecule has 0 aliphatic carbocycles. The van der Waals surface area contributed by atoms with Gasteiger partial charge in [0.2, 0.25) is 11.8 Å². The van der Waals surface area contributed by atoms with E-state index in [9.17, 15) is 18.0 Å².